The molecule has 1 heterocycles. The lowest BCUT2D eigenvalue weighted by molar-refractivity contribution is -0.186. The van der Waals surface area contributed by atoms with Crippen LogP contribution >= 0.6 is 0 Å². The molecule has 0 amide bonds. The molecule has 1 N–H and O–H groups in total. The summed E-state index contributed by atoms with van der Waals surface area (Å²) in [5, 5.41) is 8.77. The monoisotopic (exact) mass is 460 g/mol. The van der Waals surface area contributed by atoms with E-state index in [1.807, 2.05) is 0 Å². The van der Waals surface area contributed by atoms with E-state index in [-0.39, 0.29) is 36.6 Å². The zero-order valence-electron chi connectivity index (χ0n) is 20.9. The Kier molecular flexibility index (Phi) is 12.8. The molecule has 2 fully saturated rings. The fourth-order valence-corrected chi connectivity index (χ4v) is 4.96. The number of rotatable bonds is 13. The highest BCUT2D eigenvalue weighted by atomic mass is 16.7. The molecule has 1 saturated carbocycles. The Morgan fingerprint density at radius 2 is 2.03 bits per heavy atom. The summed E-state index contributed by atoms with van der Waals surface area (Å²) in [6.45, 7) is 7.18. The fourth-order valence-electron chi connectivity index (χ4n) is 4.96. The highest BCUT2D eigenvalue weighted by Gasteiger charge is 2.38. The van der Waals surface area contributed by atoms with Gasteiger partial charge >= 0.3 is 5.97 Å². The summed E-state index contributed by atoms with van der Waals surface area (Å²) in [6.07, 6.45) is 14.4. The van der Waals surface area contributed by atoms with E-state index >= 15 is 0 Å². The second kappa shape index (κ2) is 15.3. The van der Waals surface area contributed by atoms with E-state index in [1.54, 1.807) is 0 Å². The summed E-state index contributed by atoms with van der Waals surface area (Å²) >= 11 is 0. The van der Waals surface area contributed by atoms with Crippen molar-refractivity contribution in [3.8, 4) is 11.8 Å². The molecule has 6 atom stereocenters. The van der Waals surface area contributed by atoms with Crippen LogP contribution in [0.2, 0.25) is 0 Å². The molecule has 0 aromatic rings. The Morgan fingerprint density at radius 3 is 2.73 bits per heavy atom. The van der Waals surface area contributed by atoms with Crippen LogP contribution in [0.25, 0.3) is 0 Å². The number of ether oxygens (including phenoxy) is 2. The van der Waals surface area contributed by atoms with Crippen LogP contribution in [0.4, 0.5) is 0 Å². The number of hydrogen-bond donors (Lipinski definition) is 1. The third-order valence-electron chi connectivity index (χ3n) is 6.97. The maximum Gasteiger partial charge on any atom is 0.303 e. The molecule has 186 valence electrons. The topological polar surface area (TPSA) is 72.8 Å². The van der Waals surface area contributed by atoms with Crippen LogP contribution in [0.15, 0.2) is 12.2 Å². The first kappa shape index (κ1) is 27.6. The van der Waals surface area contributed by atoms with E-state index in [0.29, 0.717) is 18.1 Å². The number of allylic oxidation sites excluding steroid dienone is 1. The summed E-state index contributed by atoms with van der Waals surface area (Å²) in [7, 11) is 0. The van der Waals surface area contributed by atoms with Gasteiger partial charge in [0.25, 0.3) is 0 Å². The SMILES string of the molecule is CCC#CC[C@H](C)[C@@H](/C=C/[C@H]1[C@H](C)CC(=O)[C@@H]1CCCCCCC(=O)O)OC1CCCCO1. The van der Waals surface area contributed by atoms with Crippen molar-refractivity contribution in [1.29, 1.82) is 0 Å². The summed E-state index contributed by atoms with van der Waals surface area (Å²) in [4.78, 5) is 23.4. The molecular weight excluding hydrogens is 416 g/mol. The number of hydrogen-bond acceptors (Lipinski definition) is 4. The molecule has 0 bridgehead atoms. The second-order valence-corrected chi connectivity index (χ2v) is 9.85. The number of carboxylic acids is 1. The van der Waals surface area contributed by atoms with Crippen molar-refractivity contribution in [2.24, 2.45) is 23.7 Å². The molecule has 1 saturated heterocycles. The van der Waals surface area contributed by atoms with Gasteiger partial charge in [-0.05, 0) is 49.9 Å². The molecule has 0 aromatic carbocycles. The van der Waals surface area contributed by atoms with Gasteiger partial charge in [0.2, 0.25) is 0 Å². The number of carbonyl (C=O) groups excluding carboxylic acids is 1. The molecule has 5 nitrogen and oxygen atoms in total. The summed E-state index contributed by atoms with van der Waals surface area (Å²) in [5.74, 6) is 6.97. The number of carbonyl (C=O) groups is 2. The number of Topliss-reactive ketones (excluding diaryl/α,β-unsaturated/α-hetero) is 1. The Balaban J connectivity index is 1.97. The van der Waals surface area contributed by atoms with E-state index in [4.69, 9.17) is 14.6 Å². The first-order valence-electron chi connectivity index (χ1n) is 13.1. The van der Waals surface area contributed by atoms with Crippen molar-refractivity contribution in [2.75, 3.05) is 6.61 Å². The van der Waals surface area contributed by atoms with Crippen molar-refractivity contribution < 1.29 is 24.2 Å². The summed E-state index contributed by atoms with van der Waals surface area (Å²) < 4.78 is 12.2. The lowest BCUT2D eigenvalue weighted by Gasteiger charge is -2.29. The minimum Gasteiger partial charge on any atom is -0.481 e. The molecule has 2 rings (SSSR count). The third-order valence-corrected chi connectivity index (χ3v) is 6.97. The molecule has 1 aliphatic carbocycles. The zero-order valence-corrected chi connectivity index (χ0v) is 20.9. The lowest BCUT2D eigenvalue weighted by atomic mass is 9.85. The predicted molar refractivity (Wildman–Crippen MR) is 131 cm³/mol. The average Bonchev–Trinajstić information content (AvgIpc) is 3.06. The normalized spacial score (nSPS) is 27.3. The molecule has 1 aliphatic heterocycles. The van der Waals surface area contributed by atoms with Crippen molar-refractivity contribution in [1.82, 2.24) is 0 Å². The van der Waals surface area contributed by atoms with Gasteiger partial charge < -0.3 is 14.6 Å². The van der Waals surface area contributed by atoms with Crippen LogP contribution < -0.4 is 0 Å². The minimum atomic E-state index is -0.731. The molecule has 0 radical (unpaired) electrons. The van der Waals surface area contributed by atoms with Crippen molar-refractivity contribution in [3.05, 3.63) is 12.2 Å². The van der Waals surface area contributed by atoms with Crippen LogP contribution in [0, 0.1) is 35.5 Å². The zero-order chi connectivity index (χ0) is 24.1. The first-order chi connectivity index (χ1) is 15.9. The van der Waals surface area contributed by atoms with Gasteiger partial charge in [0.05, 0.1) is 6.10 Å². The molecular formula is C28H44O5. The Hall–Kier alpha value is -1.64. The third kappa shape index (κ3) is 10.0. The quantitative estimate of drug-likeness (QED) is 0.202. The van der Waals surface area contributed by atoms with Gasteiger partial charge in [-0.1, -0.05) is 52.2 Å². The van der Waals surface area contributed by atoms with E-state index < -0.39 is 5.97 Å². The molecule has 0 aromatic heterocycles. The van der Waals surface area contributed by atoms with Crippen LogP contribution in [-0.4, -0.2) is 35.9 Å². The summed E-state index contributed by atoms with van der Waals surface area (Å²) in [6, 6.07) is 0. The average molecular weight is 461 g/mol. The highest BCUT2D eigenvalue weighted by Crippen LogP contribution is 2.38. The number of unbranched alkanes of at least 4 members (excludes halogenated alkanes) is 3. The van der Waals surface area contributed by atoms with Gasteiger partial charge in [0.1, 0.15) is 5.78 Å². The van der Waals surface area contributed by atoms with E-state index in [0.717, 1.165) is 70.8 Å². The van der Waals surface area contributed by atoms with Gasteiger partial charge in [-0.25, -0.2) is 0 Å². The van der Waals surface area contributed by atoms with Crippen LogP contribution in [0.1, 0.15) is 97.8 Å². The number of ketones is 1. The van der Waals surface area contributed by atoms with Gasteiger partial charge in [-0.15, -0.1) is 11.8 Å². The maximum atomic E-state index is 12.7. The van der Waals surface area contributed by atoms with Crippen LogP contribution in [-0.2, 0) is 19.1 Å². The standard InChI is InChI=1S/C28H44O5/c1-4-5-8-13-21(2)26(33-28-16-11-12-19-32-28)18-17-23-22(3)20-25(29)24(23)14-9-6-7-10-15-27(30)31/h17-18,21-24,26,28H,4,6-7,9-16,19-20H2,1-3H3,(H,30,31)/b18-17+/t21-,22+,23-,24+,26+,28?/m0/s1. The summed E-state index contributed by atoms with van der Waals surface area (Å²) in [5.41, 5.74) is 0. The Labute approximate surface area is 200 Å². The van der Waals surface area contributed by atoms with Gasteiger partial charge in [-0.3, -0.25) is 9.59 Å². The largest absolute Gasteiger partial charge is 0.481 e. The predicted octanol–water partition coefficient (Wildman–Crippen LogP) is 6.16. The van der Waals surface area contributed by atoms with Crippen molar-refractivity contribution >= 4 is 11.8 Å². The Morgan fingerprint density at radius 1 is 1.24 bits per heavy atom. The second-order valence-electron chi connectivity index (χ2n) is 9.85. The lowest BCUT2D eigenvalue weighted by Crippen LogP contribution is -2.30. The fraction of sp³-hybridized carbons (Fsp3) is 0.786. The van der Waals surface area contributed by atoms with E-state index in [2.05, 4.69) is 44.8 Å². The first-order valence-corrected chi connectivity index (χ1v) is 13.1. The molecule has 1 unspecified atom stereocenters. The number of carboxylic acid groups (broad SMARTS) is 1. The van der Waals surface area contributed by atoms with Crippen molar-refractivity contribution in [2.45, 2.75) is 110 Å². The van der Waals surface area contributed by atoms with Crippen molar-refractivity contribution in [3.63, 3.8) is 0 Å². The van der Waals surface area contributed by atoms with Crippen LogP contribution in [0.3, 0.4) is 0 Å². The van der Waals surface area contributed by atoms with Gasteiger partial charge in [-0.2, -0.15) is 0 Å². The van der Waals surface area contributed by atoms with Gasteiger partial charge in [0.15, 0.2) is 6.29 Å². The van der Waals surface area contributed by atoms with Crippen LogP contribution in [0.5, 0.6) is 0 Å². The Bertz CT molecular complexity index is 682. The van der Waals surface area contributed by atoms with E-state index in [9.17, 15) is 9.59 Å². The highest BCUT2D eigenvalue weighted by molar-refractivity contribution is 5.84. The van der Waals surface area contributed by atoms with E-state index in [1.165, 1.54) is 0 Å². The van der Waals surface area contributed by atoms with Gasteiger partial charge in [0, 0.05) is 38.2 Å². The molecule has 33 heavy (non-hydrogen) atoms. The number of aliphatic carboxylic acids is 1. The smallest absolute Gasteiger partial charge is 0.303 e. The maximum absolute atomic E-state index is 12.7. The molecule has 0 spiro atoms. The minimum absolute atomic E-state index is 0.0671. The molecule has 2 aliphatic rings. The molecule has 5 heteroatoms.